The zero-order valence-corrected chi connectivity index (χ0v) is 11.6. The molecule has 0 saturated heterocycles. The number of rotatable bonds is 2. The van der Waals surface area contributed by atoms with Gasteiger partial charge in [-0.3, -0.25) is 9.59 Å². The predicted molar refractivity (Wildman–Crippen MR) is 73.8 cm³/mol. The summed E-state index contributed by atoms with van der Waals surface area (Å²) in [4.78, 5) is 28.3. The number of anilines is 1. The molecule has 0 saturated carbocycles. The van der Waals surface area contributed by atoms with Crippen LogP contribution >= 0.6 is 11.6 Å². The summed E-state index contributed by atoms with van der Waals surface area (Å²) >= 11 is 5.74. The number of ether oxygens (including phenoxy) is 1. The molecule has 1 aliphatic rings. The molecule has 0 bridgehead atoms. The predicted octanol–water partition coefficient (Wildman–Crippen LogP) is 2.42. The van der Waals surface area contributed by atoms with E-state index in [2.05, 4.69) is 4.85 Å². The molecule has 6 heteroatoms. The van der Waals surface area contributed by atoms with Crippen molar-refractivity contribution in [2.45, 2.75) is 12.5 Å². The topological polar surface area (TPSA) is 51.0 Å². The number of halogens is 1. The first-order valence-electron chi connectivity index (χ1n) is 5.75. The lowest BCUT2D eigenvalue weighted by Crippen LogP contribution is -2.40. The molecule has 0 radical (unpaired) electrons. The third kappa shape index (κ3) is 2.04. The fraction of sp³-hybridized carbons (Fsp3) is 0.214. The number of benzene rings is 1. The Morgan fingerprint density at radius 1 is 1.50 bits per heavy atom. The molecule has 1 amide bonds. The highest BCUT2D eigenvalue weighted by atomic mass is 35.5. The van der Waals surface area contributed by atoms with Gasteiger partial charge in [0, 0.05) is 19.5 Å². The largest absolute Gasteiger partial charge is 0.441 e. The van der Waals surface area contributed by atoms with E-state index in [-0.39, 0.29) is 5.16 Å². The van der Waals surface area contributed by atoms with Crippen LogP contribution in [-0.2, 0) is 19.9 Å². The molecule has 0 fully saturated rings. The standard InChI is InChI=1S/C14H11ClN2O3/c1-9(18)20-14(8-12(15)16-2)10-6-4-5-7-11(10)17(3)13(14)19/h4-8H,1,3H3/b12-8-. The van der Waals surface area contributed by atoms with Crippen LogP contribution in [-0.4, -0.2) is 18.9 Å². The van der Waals surface area contributed by atoms with Gasteiger partial charge in [-0.15, -0.1) is 11.6 Å². The molecule has 1 heterocycles. The van der Waals surface area contributed by atoms with Gasteiger partial charge in [0.1, 0.15) is 0 Å². The highest BCUT2D eigenvalue weighted by Crippen LogP contribution is 2.44. The second-order valence-electron chi connectivity index (χ2n) is 4.29. The molecule has 1 atom stereocenters. The molecule has 102 valence electrons. The average Bonchev–Trinajstić information content (AvgIpc) is 2.62. The second-order valence-corrected chi connectivity index (χ2v) is 4.68. The van der Waals surface area contributed by atoms with Crippen LogP contribution in [0.2, 0.25) is 0 Å². The monoisotopic (exact) mass is 290 g/mol. The lowest BCUT2D eigenvalue weighted by Gasteiger charge is -2.24. The lowest BCUT2D eigenvalue weighted by molar-refractivity contribution is -0.160. The van der Waals surface area contributed by atoms with E-state index in [1.54, 1.807) is 31.3 Å². The third-order valence-corrected chi connectivity index (χ3v) is 3.22. The molecule has 0 aliphatic carbocycles. The molecule has 2 rings (SSSR count). The Kier molecular flexibility index (Phi) is 3.51. The summed E-state index contributed by atoms with van der Waals surface area (Å²) in [5.41, 5.74) is -0.562. The summed E-state index contributed by atoms with van der Waals surface area (Å²) in [7, 11) is 1.58. The number of carbonyl (C=O) groups excluding carboxylic acids is 2. The summed E-state index contributed by atoms with van der Waals surface area (Å²) < 4.78 is 5.25. The smallest absolute Gasteiger partial charge is 0.304 e. The zero-order chi connectivity index (χ0) is 14.9. The van der Waals surface area contributed by atoms with Crippen molar-refractivity contribution in [3.8, 4) is 0 Å². The van der Waals surface area contributed by atoms with Gasteiger partial charge in [-0.2, -0.15) is 0 Å². The Hall–Kier alpha value is -2.32. The van der Waals surface area contributed by atoms with E-state index >= 15 is 0 Å². The van der Waals surface area contributed by atoms with Gasteiger partial charge in [-0.05, 0) is 12.1 Å². The van der Waals surface area contributed by atoms with Crippen LogP contribution in [0.1, 0.15) is 12.5 Å². The lowest BCUT2D eigenvalue weighted by atomic mass is 9.95. The van der Waals surface area contributed by atoms with Crippen molar-refractivity contribution in [3.05, 3.63) is 52.5 Å². The molecular weight excluding hydrogens is 280 g/mol. The fourth-order valence-electron chi connectivity index (χ4n) is 2.25. The second kappa shape index (κ2) is 4.99. The molecule has 5 nitrogen and oxygen atoms in total. The SMILES string of the molecule is [C-]#[N+]/C(Cl)=C\C1(OC(C)=O)C(=O)N(C)c2ccccc21. The van der Waals surface area contributed by atoms with Crippen molar-refractivity contribution in [3.63, 3.8) is 0 Å². The van der Waals surface area contributed by atoms with Gasteiger partial charge >= 0.3 is 5.97 Å². The fourth-order valence-corrected chi connectivity index (χ4v) is 2.40. The number of fused-ring (bicyclic) bond motifs is 1. The molecule has 20 heavy (non-hydrogen) atoms. The molecule has 1 aromatic rings. The van der Waals surface area contributed by atoms with Gasteiger partial charge < -0.3 is 9.64 Å². The van der Waals surface area contributed by atoms with Crippen molar-refractivity contribution in [1.29, 1.82) is 0 Å². The average molecular weight is 291 g/mol. The normalized spacial score (nSPS) is 21.4. The van der Waals surface area contributed by atoms with Gasteiger partial charge in [0.2, 0.25) is 5.60 Å². The molecular formula is C14H11ClN2O3. The molecule has 1 unspecified atom stereocenters. The Bertz CT molecular complexity index is 663. The molecule has 0 spiro atoms. The number of hydrogen-bond donors (Lipinski definition) is 0. The summed E-state index contributed by atoms with van der Waals surface area (Å²) in [6.45, 7) is 8.11. The van der Waals surface area contributed by atoms with Crippen LogP contribution in [0, 0.1) is 6.57 Å². The van der Waals surface area contributed by atoms with E-state index in [1.807, 2.05) is 0 Å². The van der Waals surface area contributed by atoms with Crippen LogP contribution in [0.25, 0.3) is 4.85 Å². The van der Waals surface area contributed by atoms with Gasteiger partial charge in [0.15, 0.2) is 0 Å². The Labute approximate surface area is 121 Å². The highest BCUT2D eigenvalue weighted by molar-refractivity contribution is 6.31. The maximum atomic E-state index is 12.5. The minimum atomic E-state index is -1.67. The van der Waals surface area contributed by atoms with Crippen LogP contribution in [0.3, 0.4) is 0 Å². The van der Waals surface area contributed by atoms with Crippen LogP contribution in [0.5, 0.6) is 0 Å². The first-order chi connectivity index (χ1) is 9.42. The van der Waals surface area contributed by atoms with E-state index in [9.17, 15) is 9.59 Å². The van der Waals surface area contributed by atoms with Gasteiger partial charge in [-0.25, -0.2) is 4.85 Å². The van der Waals surface area contributed by atoms with E-state index in [0.29, 0.717) is 11.3 Å². The third-order valence-electron chi connectivity index (χ3n) is 3.02. The highest BCUT2D eigenvalue weighted by Gasteiger charge is 2.51. The molecule has 1 aromatic carbocycles. The number of para-hydroxylation sites is 1. The van der Waals surface area contributed by atoms with Gasteiger partial charge in [0.25, 0.3) is 11.1 Å². The quantitative estimate of drug-likeness (QED) is 0.477. The van der Waals surface area contributed by atoms with E-state index in [4.69, 9.17) is 22.9 Å². The first kappa shape index (κ1) is 14.1. The Morgan fingerprint density at radius 2 is 2.15 bits per heavy atom. The van der Waals surface area contributed by atoms with Crippen molar-refractivity contribution >= 4 is 29.2 Å². The van der Waals surface area contributed by atoms with E-state index in [0.717, 1.165) is 0 Å². The number of carbonyl (C=O) groups is 2. The summed E-state index contributed by atoms with van der Waals surface area (Å²) in [6.07, 6.45) is 1.17. The van der Waals surface area contributed by atoms with Gasteiger partial charge in [0.05, 0.1) is 12.3 Å². The molecule has 0 aromatic heterocycles. The van der Waals surface area contributed by atoms with Crippen molar-refractivity contribution in [2.24, 2.45) is 0 Å². The Morgan fingerprint density at radius 3 is 2.75 bits per heavy atom. The van der Waals surface area contributed by atoms with Gasteiger partial charge in [-0.1, -0.05) is 18.2 Å². The summed E-state index contributed by atoms with van der Waals surface area (Å²) in [5.74, 6) is -1.09. The van der Waals surface area contributed by atoms with Crippen LogP contribution < -0.4 is 4.90 Å². The summed E-state index contributed by atoms with van der Waals surface area (Å²) in [6, 6.07) is 6.90. The minimum Gasteiger partial charge on any atom is -0.441 e. The number of nitrogens with zero attached hydrogens (tertiary/aromatic N) is 2. The number of likely N-dealkylation sites (N-methyl/N-ethyl adjacent to an activating group) is 1. The maximum Gasteiger partial charge on any atom is 0.304 e. The van der Waals surface area contributed by atoms with E-state index < -0.39 is 17.5 Å². The number of hydrogen-bond acceptors (Lipinski definition) is 3. The molecule has 1 aliphatic heterocycles. The number of esters is 1. The van der Waals surface area contributed by atoms with Crippen molar-refractivity contribution in [1.82, 2.24) is 0 Å². The minimum absolute atomic E-state index is 0.232. The zero-order valence-electron chi connectivity index (χ0n) is 10.9. The van der Waals surface area contributed by atoms with Crippen molar-refractivity contribution < 1.29 is 14.3 Å². The first-order valence-corrected chi connectivity index (χ1v) is 6.13. The summed E-state index contributed by atoms with van der Waals surface area (Å²) in [5, 5.41) is -0.232. The molecule has 0 N–H and O–H groups in total. The van der Waals surface area contributed by atoms with Crippen molar-refractivity contribution in [2.75, 3.05) is 11.9 Å². The Balaban J connectivity index is 2.72. The maximum absolute atomic E-state index is 12.5. The number of amides is 1. The van der Waals surface area contributed by atoms with E-state index in [1.165, 1.54) is 17.9 Å². The van der Waals surface area contributed by atoms with Crippen LogP contribution in [0.15, 0.2) is 35.5 Å². The van der Waals surface area contributed by atoms with Crippen LogP contribution in [0.4, 0.5) is 5.69 Å².